The number of fused-ring (bicyclic) bond motifs is 5. The molecule has 1 aliphatic heterocycles. The fraction of sp³-hybridized carbons (Fsp3) is 0.548. The zero-order valence-corrected chi connectivity index (χ0v) is 32.0. The Bertz CT molecular complexity index is 1850. The zero-order valence-electron chi connectivity index (χ0n) is 32.0. The molecule has 54 heavy (non-hydrogen) atoms. The van der Waals surface area contributed by atoms with Gasteiger partial charge in [-0.15, -0.1) is 0 Å². The lowest BCUT2D eigenvalue weighted by Crippen LogP contribution is -2.82. The van der Waals surface area contributed by atoms with Gasteiger partial charge in [-0.05, 0) is 48.6 Å². The third-order valence-corrected chi connectivity index (χ3v) is 12.9. The molecule has 1 heterocycles. The monoisotopic (exact) mass is 746 g/mol. The van der Waals surface area contributed by atoms with Crippen molar-refractivity contribution in [3.05, 3.63) is 82.9 Å². The Labute approximate surface area is 315 Å². The number of aliphatic hydroxyl groups is 2. The van der Waals surface area contributed by atoms with Crippen molar-refractivity contribution < 1.29 is 57.9 Å². The van der Waals surface area contributed by atoms with Crippen molar-refractivity contribution in [2.75, 3.05) is 6.61 Å². The highest BCUT2D eigenvalue weighted by Crippen LogP contribution is 2.64. The van der Waals surface area contributed by atoms with Crippen molar-refractivity contribution in [1.82, 2.24) is 0 Å². The minimum atomic E-state index is -2.21. The van der Waals surface area contributed by atoms with E-state index < -0.39 is 94.0 Å². The van der Waals surface area contributed by atoms with Crippen LogP contribution in [0.5, 0.6) is 0 Å². The normalized spacial score (nSPS) is 35.0. The molecule has 2 unspecified atom stereocenters. The van der Waals surface area contributed by atoms with Gasteiger partial charge < -0.3 is 33.9 Å². The Hall–Kier alpha value is -4.39. The van der Waals surface area contributed by atoms with Crippen LogP contribution in [0.25, 0.3) is 0 Å². The highest BCUT2D eigenvalue weighted by atomic mass is 16.6. The summed E-state index contributed by atoms with van der Waals surface area (Å²) in [6.07, 6.45) is -7.44. The lowest BCUT2D eigenvalue weighted by Gasteiger charge is -2.67. The van der Waals surface area contributed by atoms with Gasteiger partial charge in [-0.2, -0.15) is 0 Å². The van der Waals surface area contributed by atoms with Crippen molar-refractivity contribution in [3.63, 3.8) is 0 Å². The topological polar surface area (TPSA) is 172 Å². The van der Waals surface area contributed by atoms with Crippen molar-refractivity contribution in [3.8, 4) is 0 Å². The lowest BCUT2D eigenvalue weighted by atomic mass is 9.44. The number of Topliss-reactive ketones (excluding diaryl/α,β-unsaturated/α-hetero) is 1. The third kappa shape index (κ3) is 6.06. The minimum absolute atomic E-state index is 0.139. The fourth-order valence-electron chi connectivity index (χ4n) is 9.51. The lowest BCUT2D eigenvalue weighted by molar-refractivity contribution is -0.346. The average Bonchev–Trinajstić information content (AvgIpc) is 3.12. The van der Waals surface area contributed by atoms with E-state index in [9.17, 15) is 29.4 Å². The van der Waals surface area contributed by atoms with Gasteiger partial charge in [-0.3, -0.25) is 19.2 Å². The van der Waals surface area contributed by atoms with Crippen molar-refractivity contribution >= 4 is 29.7 Å². The molecule has 11 atom stereocenters. The van der Waals surface area contributed by atoms with Crippen LogP contribution < -0.4 is 0 Å². The van der Waals surface area contributed by atoms with Gasteiger partial charge in [0.2, 0.25) is 0 Å². The quantitative estimate of drug-likeness (QED) is 0.218. The number of benzene rings is 2. The van der Waals surface area contributed by atoms with Crippen LogP contribution in [0.1, 0.15) is 90.1 Å². The first-order valence-corrected chi connectivity index (χ1v) is 18.5. The van der Waals surface area contributed by atoms with Crippen LogP contribution in [-0.4, -0.2) is 88.2 Å². The summed E-state index contributed by atoms with van der Waals surface area (Å²) >= 11 is 0. The molecule has 0 radical (unpaired) electrons. The summed E-state index contributed by atoms with van der Waals surface area (Å²) in [5.74, 6) is -6.05. The van der Waals surface area contributed by atoms with E-state index in [1.54, 1.807) is 45.9 Å². The van der Waals surface area contributed by atoms with Crippen LogP contribution in [0, 0.1) is 22.7 Å². The maximum atomic E-state index is 15.3. The van der Waals surface area contributed by atoms with Gasteiger partial charge >= 0.3 is 23.9 Å². The largest absolute Gasteiger partial charge is 0.457 e. The summed E-state index contributed by atoms with van der Waals surface area (Å²) < 4.78 is 30.5. The summed E-state index contributed by atoms with van der Waals surface area (Å²) in [5, 5.41) is 25.5. The SMILES string of the molecule is CC(=O)O[C@H]1C(=O)[C@@]2(C)C([C@H](OC(=O)c3ccccc3)[C@]3(O)C[C@H](OC(=O)C(C)[C@@H](C)c4ccccc4)C(C)=C1C3(C)C)[C@]1(OC(C)=O)CO[C@@H]1C[C@@H]2O. The summed E-state index contributed by atoms with van der Waals surface area (Å²) in [6, 6.07) is 17.5. The van der Waals surface area contributed by atoms with Gasteiger partial charge in [0.15, 0.2) is 17.5 Å². The Morgan fingerprint density at radius 2 is 1.50 bits per heavy atom. The summed E-state index contributed by atoms with van der Waals surface area (Å²) in [5.41, 5.74) is -5.76. The second-order valence-corrected chi connectivity index (χ2v) is 16.2. The van der Waals surface area contributed by atoms with E-state index in [0.29, 0.717) is 5.57 Å². The van der Waals surface area contributed by atoms with Crippen molar-refractivity contribution in [1.29, 1.82) is 0 Å². The molecule has 2 N–H and O–H groups in total. The molecule has 12 nitrogen and oxygen atoms in total. The number of carbonyl (C=O) groups is 5. The zero-order chi connectivity index (χ0) is 39.5. The van der Waals surface area contributed by atoms with E-state index in [2.05, 4.69) is 0 Å². The molecule has 12 heteroatoms. The smallest absolute Gasteiger partial charge is 0.338 e. The summed E-state index contributed by atoms with van der Waals surface area (Å²) in [4.78, 5) is 69.2. The Morgan fingerprint density at radius 3 is 2.06 bits per heavy atom. The van der Waals surface area contributed by atoms with E-state index in [0.717, 1.165) is 12.5 Å². The standard InChI is InChI=1S/C42H50O12/c1-22(27-15-11-9-12-16-27)23(2)37(47)52-29-20-42(49)36(53-38(48)28-17-13-10-14-18-28)34-40(8,30(45)19-31-41(34,21-50-31)54-26(5)44)35(46)33(51-25(4)43)32(24(29)3)39(42,6)7/h9-18,22-23,29-31,33-34,36,45,49H,19-21H2,1-8H3/t22-,23?,29+,30+,31-,33-,34?,36+,40-,41+,42-/m1/s1. The molecule has 2 bridgehead atoms. The second-order valence-electron chi connectivity index (χ2n) is 16.2. The number of ether oxygens (including phenoxy) is 5. The number of hydrogen-bond acceptors (Lipinski definition) is 12. The Morgan fingerprint density at radius 1 is 0.889 bits per heavy atom. The molecule has 2 aromatic rings. The second kappa shape index (κ2) is 14.0. The average molecular weight is 747 g/mol. The van der Waals surface area contributed by atoms with Crippen LogP contribution in [0.3, 0.4) is 0 Å². The summed E-state index contributed by atoms with van der Waals surface area (Å²) in [6.45, 7) is 12.2. The predicted octanol–water partition coefficient (Wildman–Crippen LogP) is 4.64. The molecule has 290 valence electrons. The van der Waals surface area contributed by atoms with Crippen molar-refractivity contribution in [2.24, 2.45) is 22.7 Å². The van der Waals surface area contributed by atoms with Crippen LogP contribution in [-0.2, 0) is 42.9 Å². The van der Waals surface area contributed by atoms with Crippen molar-refractivity contribution in [2.45, 2.75) is 116 Å². The first-order chi connectivity index (χ1) is 25.3. The minimum Gasteiger partial charge on any atom is -0.457 e. The van der Waals surface area contributed by atoms with Crippen LogP contribution in [0.4, 0.5) is 0 Å². The van der Waals surface area contributed by atoms with Gasteiger partial charge in [0.25, 0.3) is 0 Å². The Balaban J connectivity index is 1.58. The number of ketones is 1. The number of carbonyl (C=O) groups excluding carboxylic acids is 5. The van der Waals surface area contributed by atoms with Gasteiger partial charge in [-0.1, -0.05) is 76.2 Å². The molecule has 2 aromatic carbocycles. The van der Waals surface area contributed by atoms with Gasteiger partial charge in [-0.25, -0.2) is 4.79 Å². The molecule has 3 fully saturated rings. The molecular formula is C42H50O12. The molecule has 0 spiro atoms. The number of rotatable bonds is 8. The van der Waals surface area contributed by atoms with Crippen LogP contribution in [0.15, 0.2) is 71.8 Å². The van der Waals surface area contributed by atoms with E-state index in [-0.39, 0.29) is 36.5 Å². The number of esters is 4. The number of aliphatic hydroxyl groups excluding tert-OH is 1. The van der Waals surface area contributed by atoms with E-state index in [4.69, 9.17) is 23.7 Å². The molecule has 0 aromatic heterocycles. The number of hydrogen-bond donors (Lipinski definition) is 2. The first-order valence-electron chi connectivity index (χ1n) is 18.5. The molecule has 3 aliphatic carbocycles. The van der Waals surface area contributed by atoms with Gasteiger partial charge in [0, 0.05) is 32.1 Å². The van der Waals surface area contributed by atoms with Gasteiger partial charge in [0.05, 0.1) is 35.5 Å². The molecule has 0 amide bonds. The maximum absolute atomic E-state index is 15.3. The van der Waals surface area contributed by atoms with E-state index in [1.165, 1.54) is 26.0 Å². The predicted molar refractivity (Wildman–Crippen MR) is 193 cm³/mol. The van der Waals surface area contributed by atoms with E-state index in [1.807, 2.05) is 37.3 Å². The third-order valence-electron chi connectivity index (χ3n) is 12.9. The molecule has 6 rings (SSSR count). The van der Waals surface area contributed by atoms with E-state index >= 15 is 4.79 Å². The fourth-order valence-corrected chi connectivity index (χ4v) is 9.51. The highest BCUT2D eigenvalue weighted by molar-refractivity contribution is 5.95. The maximum Gasteiger partial charge on any atom is 0.338 e. The molecule has 1 saturated heterocycles. The van der Waals surface area contributed by atoms with Crippen LogP contribution >= 0.6 is 0 Å². The molecule has 2 saturated carbocycles. The summed E-state index contributed by atoms with van der Waals surface area (Å²) in [7, 11) is 0. The Kier molecular flexibility index (Phi) is 10.2. The van der Waals surface area contributed by atoms with Crippen LogP contribution in [0.2, 0.25) is 0 Å². The van der Waals surface area contributed by atoms with Gasteiger partial charge in [0.1, 0.15) is 23.9 Å². The molecular weight excluding hydrogens is 696 g/mol. The molecule has 4 aliphatic rings. The first kappa shape index (κ1) is 39.3. The highest BCUT2D eigenvalue weighted by Gasteiger charge is 2.78.